The van der Waals surface area contributed by atoms with E-state index in [0.717, 1.165) is 13.1 Å². The molecule has 0 aromatic heterocycles. The average Bonchev–Trinajstić information content (AvgIpc) is 2.56. The Morgan fingerprint density at radius 3 is 2.86 bits per heavy atom. The van der Waals surface area contributed by atoms with E-state index in [1.807, 2.05) is 0 Å². The van der Waals surface area contributed by atoms with E-state index in [1.54, 1.807) is 6.92 Å². The van der Waals surface area contributed by atoms with Crippen molar-refractivity contribution in [3.05, 3.63) is 0 Å². The predicted molar refractivity (Wildman–Crippen MR) is 56.2 cm³/mol. The summed E-state index contributed by atoms with van der Waals surface area (Å²) in [6.45, 7) is 5.30. The lowest BCUT2D eigenvalue weighted by molar-refractivity contribution is 0.106. The minimum atomic E-state index is -0.317. The highest BCUT2D eigenvalue weighted by molar-refractivity contribution is 4.78. The first-order valence-electron chi connectivity index (χ1n) is 5.47. The van der Waals surface area contributed by atoms with Gasteiger partial charge in [-0.25, -0.2) is 0 Å². The van der Waals surface area contributed by atoms with E-state index in [4.69, 9.17) is 5.11 Å². The minimum absolute atomic E-state index is 0.166. The maximum atomic E-state index is 9.28. The first kappa shape index (κ1) is 11.9. The van der Waals surface area contributed by atoms with E-state index in [9.17, 15) is 5.11 Å². The van der Waals surface area contributed by atoms with Crippen LogP contribution in [0.3, 0.4) is 0 Å². The van der Waals surface area contributed by atoms with E-state index in [1.165, 1.54) is 12.8 Å². The molecule has 4 nitrogen and oxygen atoms in total. The summed E-state index contributed by atoms with van der Waals surface area (Å²) in [7, 11) is 0. The minimum Gasteiger partial charge on any atom is -0.395 e. The molecule has 1 fully saturated rings. The summed E-state index contributed by atoms with van der Waals surface area (Å²) in [5.41, 5.74) is 0. The number of hydrogen-bond donors (Lipinski definition) is 3. The van der Waals surface area contributed by atoms with Crippen LogP contribution in [0, 0.1) is 0 Å². The molecule has 1 aliphatic rings. The van der Waals surface area contributed by atoms with Crippen molar-refractivity contribution < 1.29 is 10.2 Å². The summed E-state index contributed by atoms with van der Waals surface area (Å²) in [6, 6.07) is 0.542. The molecule has 1 aliphatic heterocycles. The second-order valence-electron chi connectivity index (χ2n) is 4.13. The van der Waals surface area contributed by atoms with Crippen molar-refractivity contribution in [3.8, 4) is 0 Å². The van der Waals surface area contributed by atoms with Gasteiger partial charge in [-0.05, 0) is 26.3 Å². The molecule has 0 radical (unpaired) electrons. The molecule has 0 aliphatic carbocycles. The lowest BCUT2D eigenvalue weighted by Crippen LogP contribution is -2.42. The van der Waals surface area contributed by atoms with Crippen LogP contribution in [0.5, 0.6) is 0 Å². The molecule has 14 heavy (non-hydrogen) atoms. The van der Waals surface area contributed by atoms with Crippen LogP contribution in [0.1, 0.15) is 19.8 Å². The molecule has 0 amide bonds. The van der Waals surface area contributed by atoms with E-state index in [-0.39, 0.29) is 12.7 Å². The number of aliphatic hydroxyl groups is 2. The molecule has 0 bridgehead atoms. The molecule has 1 unspecified atom stereocenters. The van der Waals surface area contributed by atoms with E-state index in [2.05, 4.69) is 10.2 Å². The average molecular weight is 202 g/mol. The normalized spacial score (nSPS) is 24.4. The van der Waals surface area contributed by atoms with Crippen molar-refractivity contribution in [2.75, 3.05) is 32.8 Å². The molecule has 1 saturated heterocycles. The number of aliphatic hydroxyl groups excluding tert-OH is 2. The standard InChI is InChI=1S/C10H22N2O2/c1-9(14)7-12(5-6-13)8-10-3-2-4-11-10/h9-11,13-14H,2-8H2,1H3/t9-,10?/m1/s1. The Balaban J connectivity index is 2.25. The third-order valence-corrected chi connectivity index (χ3v) is 2.58. The molecule has 0 aromatic carbocycles. The number of hydrogen-bond acceptors (Lipinski definition) is 4. The molecule has 1 heterocycles. The molecule has 0 aromatic rings. The molecule has 0 saturated carbocycles. The highest BCUT2D eigenvalue weighted by atomic mass is 16.3. The van der Waals surface area contributed by atoms with Crippen LogP contribution < -0.4 is 5.32 Å². The summed E-state index contributed by atoms with van der Waals surface area (Å²) in [5.74, 6) is 0. The fraction of sp³-hybridized carbons (Fsp3) is 1.00. The van der Waals surface area contributed by atoms with Gasteiger partial charge in [0.05, 0.1) is 12.7 Å². The summed E-state index contributed by atoms with van der Waals surface area (Å²) in [6.07, 6.45) is 2.14. The Bertz CT molecular complexity index is 147. The van der Waals surface area contributed by atoms with Crippen LogP contribution in [0.25, 0.3) is 0 Å². The predicted octanol–water partition coefficient (Wildman–Crippen LogP) is -0.586. The van der Waals surface area contributed by atoms with Gasteiger partial charge < -0.3 is 15.5 Å². The third-order valence-electron chi connectivity index (χ3n) is 2.58. The first-order valence-corrected chi connectivity index (χ1v) is 5.47. The maximum absolute atomic E-state index is 9.28. The first-order chi connectivity index (χ1) is 6.72. The lowest BCUT2D eigenvalue weighted by Gasteiger charge is -2.25. The van der Waals surface area contributed by atoms with Crippen LogP contribution in [-0.2, 0) is 0 Å². The van der Waals surface area contributed by atoms with Gasteiger partial charge in [-0.15, -0.1) is 0 Å². The van der Waals surface area contributed by atoms with Gasteiger partial charge in [0.1, 0.15) is 0 Å². The Labute approximate surface area is 85.9 Å². The molecule has 0 spiro atoms. The second-order valence-corrected chi connectivity index (χ2v) is 4.13. The summed E-state index contributed by atoms with van der Waals surface area (Å²) in [5, 5.41) is 21.6. The van der Waals surface area contributed by atoms with Crippen LogP contribution in [0.4, 0.5) is 0 Å². The molecule has 1 rings (SSSR count). The van der Waals surface area contributed by atoms with Crippen molar-refractivity contribution in [1.82, 2.24) is 10.2 Å². The molecule has 2 atom stereocenters. The highest BCUT2D eigenvalue weighted by Gasteiger charge is 2.18. The van der Waals surface area contributed by atoms with Gasteiger partial charge in [0.2, 0.25) is 0 Å². The van der Waals surface area contributed by atoms with Crippen LogP contribution >= 0.6 is 0 Å². The Kier molecular flexibility index (Phi) is 5.40. The monoisotopic (exact) mass is 202 g/mol. The Morgan fingerprint density at radius 2 is 2.36 bits per heavy atom. The zero-order chi connectivity index (χ0) is 10.4. The Hall–Kier alpha value is -0.160. The Morgan fingerprint density at radius 1 is 1.57 bits per heavy atom. The zero-order valence-corrected chi connectivity index (χ0v) is 8.95. The van der Waals surface area contributed by atoms with E-state index >= 15 is 0 Å². The maximum Gasteiger partial charge on any atom is 0.0639 e. The summed E-state index contributed by atoms with van der Waals surface area (Å²) < 4.78 is 0. The van der Waals surface area contributed by atoms with Crippen LogP contribution in [0.2, 0.25) is 0 Å². The summed E-state index contributed by atoms with van der Waals surface area (Å²) in [4.78, 5) is 2.12. The van der Waals surface area contributed by atoms with Gasteiger partial charge in [-0.1, -0.05) is 0 Å². The molecular formula is C10H22N2O2. The number of nitrogens with one attached hydrogen (secondary N) is 1. The van der Waals surface area contributed by atoms with Gasteiger partial charge in [0.25, 0.3) is 0 Å². The molecule has 3 N–H and O–H groups in total. The molecular weight excluding hydrogens is 180 g/mol. The number of rotatable bonds is 6. The SMILES string of the molecule is C[C@@H](O)CN(CCO)CC1CCCN1. The van der Waals surface area contributed by atoms with E-state index < -0.39 is 0 Å². The smallest absolute Gasteiger partial charge is 0.0639 e. The summed E-state index contributed by atoms with van der Waals surface area (Å²) >= 11 is 0. The van der Waals surface area contributed by atoms with Gasteiger partial charge in [0.15, 0.2) is 0 Å². The second kappa shape index (κ2) is 6.35. The lowest BCUT2D eigenvalue weighted by atomic mass is 10.2. The van der Waals surface area contributed by atoms with Crippen molar-refractivity contribution >= 4 is 0 Å². The topological polar surface area (TPSA) is 55.7 Å². The fourth-order valence-corrected chi connectivity index (χ4v) is 2.00. The van der Waals surface area contributed by atoms with Gasteiger partial charge in [-0.3, -0.25) is 4.90 Å². The quantitative estimate of drug-likeness (QED) is 0.539. The number of nitrogens with zero attached hydrogens (tertiary/aromatic N) is 1. The van der Waals surface area contributed by atoms with Crippen molar-refractivity contribution in [1.29, 1.82) is 0 Å². The highest BCUT2D eigenvalue weighted by Crippen LogP contribution is 2.07. The van der Waals surface area contributed by atoms with Gasteiger partial charge in [0, 0.05) is 25.7 Å². The van der Waals surface area contributed by atoms with Crippen LogP contribution in [-0.4, -0.2) is 60.0 Å². The molecule has 84 valence electrons. The third kappa shape index (κ3) is 4.37. The molecule has 4 heteroatoms. The van der Waals surface area contributed by atoms with Crippen LogP contribution in [0.15, 0.2) is 0 Å². The van der Waals surface area contributed by atoms with Crippen molar-refractivity contribution in [3.63, 3.8) is 0 Å². The zero-order valence-electron chi connectivity index (χ0n) is 8.95. The van der Waals surface area contributed by atoms with Gasteiger partial charge in [-0.2, -0.15) is 0 Å². The van der Waals surface area contributed by atoms with Crippen molar-refractivity contribution in [2.45, 2.75) is 31.9 Å². The fourth-order valence-electron chi connectivity index (χ4n) is 2.00. The van der Waals surface area contributed by atoms with E-state index in [0.29, 0.717) is 19.1 Å². The largest absolute Gasteiger partial charge is 0.395 e. The van der Waals surface area contributed by atoms with Crippen molar-refractivity contribution in [2.24, 2.45) is 0 Å². The van der Waals surface area contributed by atoms with Gasteiger partial charge >= 0.3 is 0 Å².